The van der Waals surface area contributed by atoms with Crippen LogP contribution >= 0.6 is 0 Å². The first-order valence-corrected chi connectivity index (χ1v) is 14.4. The van der Waals surface area contributed by atoms with Crippen molar-refractivity contribution in [3.8, 4) is 23.0 Å². The van der Waals surface area contributed by atoms with Gasteiger partial charge in [-0.25, -0.2) is 8.42 Å². The predicted octanol–water partition coefficient (Wildman–Crippen LogP) is 3.40. The normalized spacial score (nSPS) is 11.1. The number of anilines is 1. The monoisotopic (exact) mass is 592 g/mol. The maximum Gasteiger partial charge on any atom is 0.303 e. The number of hydrogen-bond donors (Lipinski definition) is 3. The molecule has 0 saturated carbocycles. The molecule has 0 spiro atoms. The zero-order valence-corrected chi connectivity index (χ0v) is 24.3. The first-order chi connectivity index (χ1) is 19.5. The summed E-state index contributed by atoms with van der Waals surface area (Å²) in [7, 11) is 2.08. The van der Waals surface area contributed by atoms with Gasteiger partial charge in [-0.3, -0.25) is 14.4 Å². The van der Waals surface area contributed by atoms with E-state index in [4.69, 9.17) is 24.1 Å². The smallest absolute Gasteiger partial charge is 0.303 e. The van der Waals surface area contributed by atoms with Crippen LogP contribution in [0.5, 0.6) is 23.0 Å². The molecule has 12 nitrogen and oxygen atoms in total. The Morgan fingerprint density at radius 2 is 1.46 bits per heavy atom. The minimum absolute atomic E-state index is 0.0829. The number of carboxylic acid groups (broad SMARTS) is 1. The SMILES string of the molecule is COc1cc(OC)c(/C=C/S(=O)(=O)Cc2ccc(OC)c(NC(=O)CCCNC(=O)CCCC(=O)O)c2)c(OC)c1. The fourth-order valence-electron chi connectivity index (χ4n) is 3.77. The quantitative estimate of drug-likeness (QED) is 0.232. The summed E-state index contributed by atoms with van der Waals surface area (Å²) in [5.41, 5.74) is 1.16. The lowest BCUT2D eigenvalue weighted by atomic mass is 10.1. The van der Waals surface area contributed by atoms with Gasteiger partial charge in [0.05, 0.1) is 45.4 Å². The maximum absolute atomic E-state index is 12.9. The fourth-order valence-corrected chi connectivity index (χ4v) is 4.85. The summed E-state index contributed by atoms with van der Waals surface area (Å²) in [4.78, 5) is 34.7. The van der Waals surface area contributed by atoms with Gasteiger partial charge in [0.1, 0.15) is 23.0 Å². The second kappa shape index (κ2) is 16.1. The molecule has 2 amide bonds. The molecule has 0 unspecified atom stereocenters. The highest BCUT2D eigenvalue weighted by atomic mass is 32.2. The molecule has 0 radical (unpaired) electrons. The molecule has 2 aromatic carbocycles. The molecular formula is C28H36N2O10S. The van der Waals surface area contributed by atoms with E-state index in [9.17, 15) is 22.8 Å². The number of nitrogens with one attached hydrogen (secondary N) is 2. The summed E-state index contributed by atoms with van der Waals surface area (Å²) >= 11 is 0. The van der Waals surface area contributed by atoms with E-state index in [2.05, 4.69) is 10.6 Å². The van der Waals surface area contributed by atoms with E-state index in [1.54, 1.807) is 24.3 Å². The van der Waals surface area contributed by atoms with Crippen LogP contribution in [0.2, 0.25) is 0 Å². The molecule has 0 saturated heterocycles. The summed E-state index contributed by atoms with van der Waals surface area (Å²) in [5, 5.41) is 15.1. The molecule has 41 heavy (non-hydrogen) atoms. The van der Waals surface area contributed by atoms with Crippen LogP contribution in [0.15, 0.2) is 35.7 Å². The molecule has 0 heterocycles. The molecule has 0 atom stereocenters. The van der Waals surface area contributed by atoms with Crippen LogP contribution in [-0.4, -0.2) is 66.3 Å². The molecule has 2 aromatic rings. The lowest BCUT2D eigenvalue weighted by molar-refractivity contribution is -0.137. The number of rotatable bonds is 17. The Labute approximate surface area is 239 Å². The Kier molecular flexibility index (Phi) is 12.9. The van der Waals surface area contributed by atoms with E-state index in [0.717, 1.165) is 5.41 Å². The van der Waals surface area contributed by atoms with Gasteiger partial charge in [-0.2, -0.15) is 0 Å². The summed E-state index contributed by atoms with van der Waals surface area (Å²) in [6.45, 7) is 0.255. The molecule has 13 heteroatoms. The topological polar surface area (TPSA) is 167 Å². The number of carboxylic acids is 1. The summed E-state index contributed by atoms with van der Waals surface area (Å²) in [6.07, 6.45) is 2.10. The molecule has 0 aromatic heterocycles. The average Bonchev–Trinajstić information content (AvgIpc) is 2.93. The Hall–Kier alpha value is -4.26. The van der Waals surface area contributed by atoms with Crippen molar-refractivity contribution in [2.24, 2.45) is 0 Å². The molecule has 0 bridgehead atoms. The summed E-state index contributed by atoms with van der Waals surface area (Å²) < 4.78 is 47.1. The highest BCUT2D eigenvalue weighted by Gasteiger charge is 2.16. The third-order valence-electron chi connectivity index (χ3n) is 5.80. The van der Waals surface area contributed by atoms with E-state index in [0.29, 0.717) is 46.2 Å². The second-order valence-corrected chi connectivity index (χ2v) is 10.7. The van der Waals surface area contributed by atoms with Gasteiger partial charge in [0.2, 0.25) is 11.8 Å². The standard InChI is InChI=1S/C28H36N2O10S/c1-37-20-16-24(39-3)21(25(17-20)40-4)12-14-41(35,36)18-19-10-11-23(38-2)22(15-19)30-27(32)8-6-13-29-26(31)7-5-9-28(33)34/h10-12,14-17H,5-9,13,18H2,1-4H3,(H,29,31)(H,30,32)(H,33,34)/b14-12+. The molecule has 224 valence electrons. The largest absolute Gasteiger partial charge is 0.496 e. The lowest BCUT2D eigenvalue weighted by Crippen LogP contribution is -2.25. The number of hydrogen-bond acceptors (Lipinski definition) is 9. The number of sulfone groups is 1. The molecule has 0 aliphatic heterocycles. The van der Waals surface area contributed by atoms with Gasteiger partial charge in [-0.15, -0.1) is 0 Å². The van der Waals surface area contributed by atoms with E-state index in [1.807, 2.05) is 0 Å². The Balaban J connectivity index is 2.04. The maximum atomic E-state index is 12.9. The Morgan fingerprint density at radius 1 is 0.829 bits per heavy atom. The van der Waals surface area contributed by atoms with Crippen molar-refractivity contribution in [3.63, 3.8) is 0 Å². The zero-order valence-electron chi connectivity index (χ0n) is 23.5. The highest BCUT2D eigenvalue weighted by Crippen LogP contribution is 2.35. The first-order valence-electron chi connectivity index (χ1n) is 12.7. The molecule has 3 N–H and O–H groups in total. The molecule has 0 fully saturated rings. The first kappa shape index (κ1) is 32.9. The van der Waals surface area contributed by atoms with Crippen molar-refractivity contribution < 1.29 is 46.9 Å². The van der Waals surface area contributed by atoms with Gasteiger partial charge in [-0.1, -0.05) is 6.07 Å². The van der Waals surface area contributed by atoms with Crippen LogP contribution in [-0.2, 0) is 30.0 Å². The van der Waals surface area contributed by atoms with Gasteiger partial charge < -0.3 is 34.7 Å². The minimum atomic E-state index is -3.75. The zero-order chi connectivity index (χ0) is 30.4. The number of ether oxygens (including phenoxy) is 4. The number of amides is 2. The predicted molar refractivity (Wildman–Crippen MR) is 153 cm³/mol. The van der Waals surface area contributed by atoms with Crippen LogP contribution in [0.25, 0.3) is 6.08 Å². The van der Waals surface area contributed by atoms with Crippen molar-refractivity contribution in [3.05, 3.63) is 46.9 Å². The van der Waals surface area contributed by atoms with Crippen LogP contribution in [0.1, 0.15) is 43.2 Å². The van der Waals surface area contributed by atoms with Crippen molar-refractivity contribution >= 4 is 39.4 Å². The highest BCUT2D eigenvalue weighted by molar-refractivity contribution is 7.93. The molecule has 2 rings (SSSR count). The number of benzene rings is 2. The van der Waals surface area contributed by atoms with Crippen molar-refractivity contribution in [1.29, 1.82) is 0 Å². The van der Waals surface area contributed by atoms with E-state index < -0.39 is 15.8 Å². The van der Waals surface area contributed by atoms with Gasteiger partial charge >= 0.3 is 5.97 Å². The number of carbonyl (C=O) groups excluding carboxylic acids is 2. The van der Waals surface area contributed by atoms with Crippen molar-refractivity contribution in [2.45, 2.75) is 37.9 Å². The third kappa shape index (κ3) is 11.0. The number of aliphatic carboxylic acids is 1. The van der Waals surface area contributed by atoms with Gasteiger partial charge in [-0.05, 0) is 36.6 Å². The summed E-state index contributed by atoms with van der Waals surface area (Å²) in [6, 6.07) is 7.92. The average molecular weight is 593 g/mol. The third-order valence-corrected chi connectivity index (χ3v) is 7.08. The second-order valence-electron chi connectivity index (χ2n) is 8.84. The summed E-state index contributed by atoms with van der Waals surface area (Å²) in [5.74, 6) is -0.330. The Bertz CT molecular complexity index is 1330. The van der Waals surface area contributed by atoms with E-state index in [-0.39, 0.29) is 49.8 Å². The lowest BCUT2D eigenvalue weighted by Gasteiger charge is -2.13. The van der Waals surface area contributed by atoms with Gasteiger partial charge in [0.25, 0.3) is 0 Å². The van der Waals surface area contributed by atoms with Gasteiger partial charge in [0.15, 0.2) is 9.84 Å². The van der Waals surface area contributed by atoms with Crippen LogP contribution < -0.4 is 29.6 Å². The van der Waals surface area contributed by atoms with Crippen molar-refractivity contribution in [2.75, 3.05) is 40.3 Å². The molecule has 0 aliphatic rings. The Morgan fingerprint density at radius 3 is 2.05 bits per heavy atom. The van der Waals surface area contributed by atoms with Crippen LogP contribution in [0, 0.1) is 0 Å². The number of carbonyl (C=O) groups is 3. The van der Waals surface area contributed by atoms with E-state index in [1.165, 1.54) is 40.6 Å². The van der Waals surface area contributed by atoms with Crippen LogP contribution in [0.3, 0.4) is 0 Å². The minimum Gasteiger partial charge on any atom is -0.496 e. The molecular weight excluding hydrogens is 556 g/mol. The van der Waals surface area contributed by atoms with Gasteiger partial charge in [0, 0.05) is 43.3 Å². The van der Waals surface area contributed by atoms with Crippen LogP contribution in [0.4, 0.5) is 5.69 Å². The number of methoxy groups -OCH3 is 4. The van der Waals surface area contributed by atoms with E-state index >= 15 is 0 Å². The fraction of sp³-hybridized carbons (Fsp3) is 0.393. The molecule has 0 aliphatic carbocycles. The van der Waals surface area contributed by atoms with Crippen molar-refractivity contribution in [1.82, 2.24) is 5.32 Å².